The van der Waals surface area contributed by atoms with Crippen LogP contribution in [0.1, 0.15) is 69.2 Å². The minimum atomic E-state index is -2.15. The maximum Gasteiger partial charge on any atom is 0.308 e. The summed E-state index contributed by atoms with van der Waals surface area (Å²) in [6.45, 7) is 9.91. The van der Waals surface area contributed by atoms with Gasteiger partial charge < -0.3 is 70.7 Å². The largest absolute Gasteiger partial charge is 0.496 e. The minimum Gasteiger partial charge on any atom is -0.496 e. The molecule has 10 unspecified atom stereocenters. The molecule has 71 heavy (non-hydrogen) atoms. The maximum absolute atomic E-state index is 15.2. The fourth-order valence-electron chi connectivity index (χ4n) is 7.48. The molecular formula is C46H50O25. The van der Waals surface area contributed by atoms with Crippen LogP contribution in [0.2, 0.25) is 0 Å². The Bertz CT molecular complexity index is 2630. The molecule has 0 bridgehead atoms. The number of rotatable bonds is 16. The Labute approximate surface area is 402 Å². The van der Waals surface area contributed by atoms with Crippen molar-refractivity contribution >= 4 is 64.7 Å². The molecule has 2 aromatic carbocycles. The van der Waals surface area contributed by atoms with Crippen molar-refractivity contribution in [2.45, 2.75) is 131 Å². The van der Waals surface area contributed by atoms with Crippen LogP contribution in [0.3, 0.4) is 0 Å². The molecule has 10 atom stereocenters. The highest BCUT2D eigenvalue weighted by atomic mass is 16.8. The van der Waals surface area contributed by atoms with Gasteiger partial charge in [-0.3, -0.25) is 47.9 Å². The molecule has 0 aliphatic carbocycles. The Hall–Kier alpha value is -7.64. The number of methoxy groups -OCH3 is 1. The van der Waals surface area contributed by atoms with Crippen molar-refractivity contribution in [1.82, 2.24) is 0 Å². The minimum absolute atomic E-state index is 0.0347. The van der Waals surface area contributed by atoms with E-state index < -0.39 is 150 Å². The lowest BCUT2D eigenvalue weighted by Crippen LogP contribution is -2.67. The highest BCUT2D eigenvalue weighted by molar-refractivity contribution is 5.91. The van der Waals surface area contributed by atoms with Crippen molar-refractivity contribution < 1.29 is 114 Å². The molecule has 25 nitrogen and oxygen atoms in total. The van der Waals surface area contributed by atoms with Crippen LogP contribution in [-0.2, 0) is 85.8 Å². The summed E-state index contributed by atoms with van der Waals surface area (Å²) in [4.78, 5) is 127. The second-order valence-corrected chi connectivity index (χ2v) is 15.7. The topological polar surface area (TPSA) is 313 Å². The summed E-state index contributed by atoms with van der Waals surface area (Å²) < 4.78 is 86.2. The summed E-state index contributed by atoms with van der Waals surface area (Å²) in [5, 5.41) is -0.435. The molecule has 0 amide bonds. The zero-order chi connectivity index (χ0) is 52.6. The molecule has 2 saturated heterocycles. The van der Waals surface area contributed by atoms with Crippen molar-refractivity contribution in [3.8, 4) is 40.1 Å². The Balaban J connectivity index is 1.85. The van der Waals surface area contributed by atoms with Gasteiger partial charge in [-0.1, -0.05) is 0 Å². The smallest absolute Gasteiger partial charge is 0.308 e. The lowest BCUT2D eigenvalue weighted by Gasteiger charge is -2.48. The van der Waals surface area contributed by atoms with E-state index in [-0.39, 0.29) is 28.4 Å². The second-order valence-electron chi connectivity index (χ2n) is 15.7. The van der Waals surface area contributed by atoms with E-state index >= 15 is 4.79 Å². The molecule has 0 radical (unpaired) electrons. The summed E-state index contributed by atoms with van der Waals surface area (Å²) in [6, 6.07) is 6.04. The van der Waals surface area contributed by atoms with Crippen LogP contribution in [0.5, 0.6) is 28.7 Å². The van der Waals surface area contributed by atoms with Crippen LogP contribution in [0.4, 0.5) is 0 Å². The number of esters is 9. The summed E-state index contributed by atoms with van der Waals surface area (Å²) in [6.07, 6.45) is -17.5. The van der Waals surface area contributed by atoms with E-state index in [1.165, 1.54) is 38.3 Å². The van der Waals surface area contributed by atoms with Crippen molar-refractivity contribution in [3.63, 3.8) is 0 Å². The zero-order valence-electron chi connectivity index (χ0n) is 40.1. The molecule has 0 spiro atoms. The van der Waals surface area contributed by atoms with Crippen LogP contribution in [-0.4, -0.2) is 129 Å². The fraction of sp³-hybridized carbons (Fsp3) is 0.478. The van der Waals surface area contributed by atoms with Crippen LogP contribution in [0, 0.1) is 0 Å². The molecule has 2 aliphatic heterocycles. The molecular weight excluding hydrogens is 952 g/mol. The van der Waals surface area contributed by atoms with Crippen molar-refractivity contribution in [2.75, 3.05) is 13.7 Å². The lowest BCUT2D eigenvalue weighted by molar-refractivity contribution is -0.356. The van der Waals surface area contributed by atoms with E-state index in [4.69, 9.17) is 70.7 Å². The van der Waals surface area contributed by atoms with Crippen LogP contribution >= 0.6 is 0 Å². The Kier molecular flexibility index (Phi) is 17.8. The van der Waals surface area contributed by atoms with E-state index in [9.17, 15) is 43.2 Å². The first-order valence-electron chi connectivity index (χ1n) is 21.4. The molecule has 2 fully saturated rings. The fourth-order valence-corrected chi connectivity index (χ4v) is 7.48. The molecule has 0 saturated carbocycles. The SMILES string of the molecule is COc1cc(OC(C)=O)c2c(=O)c(OC3OC(COC(C)=O)C(OC(C)=O)C(OC(C)=O)C3OC3OC(C)C(OC(C)=O)C(OC(C)=O)C3OC(C)=O)c(-c3ccc(OC(C)=O)c(OC(C)=O)c3)oc2c1. The van der Waals surface area contributed by atoms with E-state index in [2.05, 4.69) is 0 Å². The number of ether oxygens (including phenoxy) is 14. The predicted octanol–water partition coefficient (Wildman–Crippen LogP) is 2.70. The summed E-state index contributed by atoms with van der Waals surface area (Å²) in [5.41, 5.74) is -1.51. The van der Waals surface area contributed by atoms with Gasteiger partial charge in [-0.2, -0.15) is 0 Å². The Morgan fingerprint density at radius 3 is 1.61 bits per heavy atom. The predicted molar refractivity (Wildman–Crippen MR) is 231 cm³/mol. The van der Waals surface area contributed by atoms with Gasteiger partial charge in [0.2, 0.25) is 17.5 Å². The lowest BCUT2D eigenvalue weighted by atomic mass is 9.96. The Morgan fingerprint density at radius 1 is 0.535 bits per heavy atom. The monoisotopic (exact) mass is 1000 g/mol. The number of fused-ring (bicyclic) bond motifs is 1. The quantitative estimate of drug-likeness (QED) is 0.113. The van der Waals surface area contributed by atoms with Crippen LogP contribution < -0.4 is 29.1 Å². The third-order valence-corrected chi connectivity index (χ3v) is 9.90. The highest BCUT2D eigenvalue weighted by Gasteiger charge is 2.57. The standard InChI is InChI=1S/C46H50O25/c1-18-37(63-23(6)51)41(65-25(8)53)43(67-27(10)55)45(59-18)71-44-42(66-26(9)54)39(64-24(7)52)34(17-58-19(2)47)69-46(44)70-40-36(56)35-32(62-22(5)50)15-29(57-11)16-33(35)68-38(40)28-12-13-30(60-20(3)48)31(14-28)61-21(4)49/h12-16,18,34,37,39,41-46H,17H2,1-11H3. The Morgan fingerprint density at radius 2 is 1.06 bits per heavy atom. The summed E-state index contributed by atoms with van der Waals surface area (Å²) in [5.74, 6) is -10.5. The van der Waals surface area contributed by atoms with Crippen molar-refractivity contribution in [3.05, 3.63) is 40.6 Å². The first-order valence-corrected chi connectivity index (χ1v) is 21.4. The van der Waals surface area contributed by atoms with Crippen LogP contribution in [0.25, 0.3) is 22.3 Å². The first-order chi connectivity index (χ1) is 33.4. The molecule has 0 N–H and O–H groups in total. The number of hydrogen-bond donors (Lipinski definition) is 0. The van der Waals surface area contributed by atoms with E-state index in [1.807, 2.05) is 0 Å². The zero-order valence-corrected chi connectivity index (χ0v) is 40.1. The third kappa shape index (κ3) is 13.8. The average Bonchev–Trinajstić information content (AvgIpc) is 3.24. The number of hydrogen-bond acceptors (Lipinski definition) is 25. The first kappa shape index (κ1) is 54.3. The van der Waals surface area contributed by atoms with Gasteiger partial charge in [-0.15, -0.1) is 0 Å². The van der Waals surface area contributed by atoms with Gasteiger partial charge in [-0.25, -0.2) is 0 Å². The normalized spacial score (nSPS) is 23.7. The number of carbonyl (C=O) groups excluding carboxylic acids is 9. The maximum atomic E-state index is 15.2. The molecule has 3 heterocycles. The van der Waals surface area contributed by atoms with E-state index in [1.54, 1.807) is 0 Å². The van der Waals surface area contributed by atoms with E-state index in [0.717, 1.165) is 68.4 Å². The van der Waals surface area contributed by atoms with Crippen molar-refractivity contribution in [1.29, 1.82) is 0 Å². The molecule has 384 valence electrons. The van der Waals surface area contributed by atoms with Gasteiger partial charge >= 0.3 is 53.7 Å². The van der Waals surface area contributed by atoms with Gasteiger partial charge in [0, 0.05) is 80.0 Å². The summed E-state index contributed by atoms with van der Waals surface area (Å²) in [7, 11) is 1.28. The van der Waals surface area contributed by atoms with Gasteiger partial charge in [0.05, 0.1) is 13.2 Å². The van der Waals surface area contributed by atoms with Gasteiger partial charge in [0.25, 0.3) is 0 Å². The second kappa shape index (κ2) is 23.3. The molecule has 3 aromatic rings. The van der Waals surface area contributed by atoms with Crippen LogP contribution in [0.15, 0.2) is 39.5 Å². The molecule has 1 aromatic heterocycles. The third-order valence-electron chi connectivity index (χ3n) is 9.90. The molecule has 5 rings (SSSR count). The van der Waals surface area contributed by atoms with Gasteiger partial charge in [0.1, 0.15) is 35.2 Å². The van der Waals surface area contributed by atoms with Crippen molar-refractivity contribution in [2.24, 2.45) is 0 Å². The highest BCUT2D eigenvalue weighted by Crippen LogP contribution is 2.42. The number of carbonyl (C=O) groups is 9. The molecule has 2 aliphatic rings. The summed E-state index contributed by atoms with van der Waals surface area (Å²) >= 11 is 0. The molecule has 25 heteroatoms. The van der Waals surface area contributed by atoms with Gasteiger partial charge in [0.15, 0.2) is 60.2 Å². The van der Waals surface area contributed by atoms with E-state index in [0.29, 0.717) is 0 Å². The number of benzene rings is 2. The van der Waals surface area contributed by atoms with Gasteiger partial charge in [-0.05, 0) is 25.1 Å². The average molecular weight is 1000 g/mol.